The second kappa shape index (κ2) is 6.30. The third kappa shape index (κ3) is 2.90. The molecule has 1 atom stereocenters. The van der Waals surface area contributed by atoms with Gasteiger partial charge in [-0.05, 0) is 43.3 Å². The fourth-order valence-electron chi connectivity index (χ4n) is 2.51. The summed E-state index contributed by atoms with van der Waals surface area (Å²) >= 11 is 0. The molecule has 0 spiro atoms. The van der Waals surface area contributed by atoms with Crippen LogP contribution >= 0.6 is 0 Å². The highest BCUT2D eigenvalue weighted by atomic mass is 32.2. The maximum atomic E-state index is 12.8. The quantitative estimate of drug-likeness (QED) is 0.705. The molecule has 0 saturated heterocycles. The molecular formula is C18H19NO4S. The monoisotopic (exact) mass is 345 g/mol. The van der Waals surface area contributed by atoms with Gasteiger partial charge in [0.1, 0.15) is 17.1 Å². The first-order chi connectivity index (χ1) is 11.4. The zero-order valence-electron chi connectivity index (χ0n) is 13.8. The molecule has 0 saturated carbocycles. The molecule has 0 amide bonds. The Hall–Kier alpha value is -2.31. The Balaban J connectivity index is 1.91. The summed E-state index contributed by atoms with van der Waals surface area (Å²) < 4.78 is 37.8. The Bertz CT molecular complexity index is 912. The number of hydrogen-bond donors (Lipinski definition) is 0. The van der Waals surface area contributed by atoms with Crippen LogP contribution in [0.4, 0.5) is 0 Å². The number of ether oxygens (including phenoxy) is 1. The number of sulfonamides is 1. The molecule has 3 rings (SSSR count). The summed E-state index contributed by atoms with van der Waals surface area (Å²) in [4.78, 5) is 0.216. The predicted molar refractivity (Wildman–Crippen MR) is 92.6 cm³/mol. The van der Waals surface area contributed by atoms with E-state index in [1.807, 2.05) is 30.3 Å². The summed E-state index contributed by atoms with van der Waals surface area (Å²) in [6.07, 6.45) is 0. The number of furan rings is 1. The van der Waals surface area contributed by atoms with Gasteiger partial charge in [-0.3, -0.25) is 0 Å². The lowest BCUT2D eigenvalue weighted by Crippen LogP contribution is -2.29. The average molecular weight is 345 g/mol. The Morgan fingerprint density at radius 1 is 1.08 bits per heavy atom. The first-order valence-corrected chi connectivity index (χ1v) is 8.98. The van der Waals surface area contributed by atoms with E-state index in [0.717, 1.165) is 11.0 Å². The summed E-state index contributed by atoms with van der Waals surface area (Å²) in [6, 6.07) is 15.4. The zero-order valence-corrected chi connectivity index (χ0v) is 14.6. The van der Waals surface area contributed by atoms with Crippen molar-refractivity contribution in [2.24, 2.45) is 0 Å². The van der Waals surface area contributed by atoms with Crippen LogP contribution in [0.15, 0.2) is 63.9 Å². The van der Waals surface area contributed by atoms with Crippen molar-refractivity contribution in [3.05, 3.63) is 60.4 Å². The molecule has 126 valence electrons. The summed E-state index contributed by atoms with van der Waals surface area (Å²) in [6.45, 7) is 1.80. The van der Waals surface area contributed by atoms with Crippen molar-refractivity contribution in [1.29, 1.82) is 0 Å². The van der Waals surface area contributed by atoms with E-state index in [9.17, 15) is 8.42 Å². The smallest absolute Gasteiger partial charge is 0.243 e. The van der Waals surface area contributed by atoms with Crippen LogP contribution in [0, 0.1) is 0 Å². The largest absolute Gasteiger partial charge is 0.497 e. The molecule has 0 aliphatic heterocycles. The number of nitrogens with zero attached hydrogens (tertiary/aromatic N) is 1. The van der Waals surface area contributed by atoms with Gasteiger partial charge in [-0.2, -0.15) is 4.31 Å². The summed E-state index contributed by atoms with van der Waals surface area (Å²) in [7, 11) is -0.537. The van der Waals surface area contributed by atoms with Crippen molar-refractivity contribution in [3.63, 3.8) is 0 Å². The fourth-order valence-corrected chi connectivity index (χ4v) is 3.84. The number of hydrogen-bond acceptors (Lipinski definition) is 4. The fraction of sp³-hybridized carbons (Fsp3) is 0.222. The normalized spacial score (nSPS) is 13.3. The second-order valence-corrected chi connectivity index (χ2v) is 7.56. The Kier molecular flexibility index (Phi) is 4.34. The lowest BCUT2D eigenvalue weighted by Gasteiger charge is -2.22. The minimum atomic E-state index is -3.63. The van der Waals surface area contributed by atoms with Crippen LogP contribution in [0.5, 0.6) is 5.75 Å². The van der Waals surface area contributed by atoms with Crippen LogP contribution in [-0.2, 0) is 10.0 Å². The highest BCUT2D eigenvalue weighted by Crippen LogP contribution is 2.30. The number of rotatable bonds is 5. The molecule has 0 unspecified atom stereocenters. The summed E-state index contributed by atoms with van der Waals surface area (Å²) in [5.41, 5.74) is 0.745. The van der Waals surface area contributed by atoms with Gasteiger partial charge in [-0.1, -0.05) is 18.2 Å². The van der Waals surface area contributed by atoms with Gasteiger partial charge in [-0.15, -0.1) is 0 Å². The van der Waals surface area contributed by atoms with E-state index in [1.54, 1.807) is 33.2 Å². The summed E-state index contributed by atoms with van der Waals surface area (Å²) in [5, 5.41) is 0.953. The molecule has 2 aromatic carbocycles. The Labute approximate surface area is 141 Å². The van der Waals surface area contributed by atoms with Crippen molar-refractivity contribution >= 4 is 21.0 Å². The molecule has 24 heavy (non-hydrogen) atoms. The van der Waals surface area contributed by atoms with Gasteiger partial charge < -0.3 is 9.15 Å². The van der Waals surface area contributed by atoms with Gasteiger partial charge >= 0.3 is 0 Å². The van der Waals surface area contributed by atoms with Crippen LogP contribution in [-0.4, -0.2) is 26.9 Å². The Morgan fingerprint density at radius 3 is 2.38 bits per heavy atom. The van der Waals surface area contributed by atoms with Crippen molar-refractivity contribution in [2.75, 3.05) is 14.2 Å². The SMILES string of the molecule is COc1ccc(S(=O)(=O)N(C)[C@@H](C)c2cc3ccccc3o2)cc1. The van der Waals surface area contributed by atoms with Gasteiger partial charge in [0.25, 0.3) is 0 Å². The van der Waals surface area contributed by atoms with Crippen LogP contribution in [0.25, 0.3) is 11.0 Å². The Morgan fingerprint density at radius 2 is 1.75 bits per heavy atom. The number of benzene rings is 2. The van der Waals surface area contributed by atoms with Crippen molar-refractivity contribution in [1.82, 2.24) is 4.31 Å². The molecule has 3 aromatic rings. The molecule has 5 nitrogen and oxygen atoms in total. The van der Waals surface area contributed by atoms with Crippen LogP contribution in [0.2, 0.25) is 0 Å². The van der Waals surface area contributed by atoms with E-state index in [2.05, 4.69) is 0 Å². The van der Waals surface area contributed by atoms with Gasteiger partial charge in [0.15, 0.2) is 0 Å². The third-order valence-corrected chi connectivity index (χ3v) is 6.08. The van der Waals surface area contributed by atoms with Crippen molar-refractivity contribution < 1.29 is 17.6 Å². The van der Waals surface area contributed by atoms with E-state index in [0.29, 0.717) is 11.5 Å². The van der Waals surface area contributed by atoms with Gasteiger partial charge in [0.2, 0.25) is 10.0 Å². The molecule has 0 bridgehead atoms. The molecular weight excluding hydrogens is 326 g/mol. The molecule has 0 aliphatic rings. The minimum Gasteiger partial charge on any atom is -0.497 e. The molecule has 6 heteroatoms. The van der Waals surface area contributed by atoms with Gasteiger partial charge in [-0.25, -0.2) is 8.42 Å². The van der Waals surface area contributed by atoms with Crippen molar-refractivity contribution in [2.45, 2.75) is 17.9 Å². The lowest BCUT2D eigenvalue weighted by molar-refractivity contribution is 0.348. The zero-order chi connectivity index (χ0) is 17.3. The standard InChI is InChI=1S/C18H19NO4S/c1-13(18-12-14-6-4-5-7-17(14)23-18)19(2)24(20,21)16-10-8-15(22-3)9-11-16/h4-13H,1-3H3/t13-/m0/s1. The molecule has 0 radical (unpaired) electrons. The highest BCUT2D eigenvalue weighted by Gasteiger charge is 2.28. The maximum absolute atomic E-state index is 12.8. The number of fused-ring (bicyclic) bond motifs is 1. The minimum absolute atomic E-state index is 0.216. The maximum Gasteiger partial charge on any atom is 0.243 e. The predicted octanol–water partition coefficient (Wildman–Crippen LogP) is 3.82. The van der Waals surface area contributed by atoms with E-state index < -0.39 is 16.1 Å². The second-order valence-electron chi connectivity index (χ2n) is 5.56. The van der Waals surface area contributed by atoms with Crippen LogP contribution in [0.1, 0.15) is 18.7 Å². The van der Waals surface area contributed by atoms with Crippen LogP contribution in [0.3, 0.4) is 0 Å². The first-order valence-electron chi connectivity index (χ1n) is 7.54. The van der Waals surface area contributed by atoms with Crippen LogP contribution < -0.4 is 4.74 Å². The van der Waals surface area contributed by atoms with E-state index in [4.69, 9.17) is 9.15 Å². The van der Waals surface area contributed by atoms with Gasteiger partial charge in [0.05, 0.1) is 18.0 Å². The van der Waals surface area contributed by atoms with E-state index in [-0.39, 0.29) is 4.90 Å². The van der Waals surface area contributed by atoms with Crippen molar-refractivity contribution in [3.8, 4) is 5.75 Å². The molecule has 0 N–H and O–H groups in total. The first kappa shape index (κ1) is 16.5. The third-order valence-electron chi connectivity index (χ3n) is 4.14. The van der Waals surface area contributed by atoms with Gasteiger partial charge in [0, 0.05) is 12.4 Å². The molecule has 1 aromatic heterocycles. The van der Waals surface area contributed by atoms with E-state index in [1.165, 1.54) is 16.4 Å². The number of methoxy groups -OCH3 is 1. The molecule has 1 heterocycles. The topological polar surface area (TPSA) is 59.8 Å². The number of para-hydroxylation sites is 1. The average Bonchev–Trinajstić information content (AvgIpc) is 3.04. The van der Waals surface area contributed by atoms with E-state index >= 15 is 0 Å². The molecule has 0 fully saturated rings. The molecule has 0 aliphatic carbocycles. The lowest BCUT2D eigenvalue weighted by atomic mass is 10.2. The highest BCUT2D eigenvalue weighted by molar-refractivity contribution is 7.89. The summed E-state index contributed by atoms with van der Waals surface area (Å²) in [5.74, 6) is 1.22.